The Hall–Kier alpha value is 0.830. The van der Waals surface area contributed by atoms with E-state index in [0.717, 1.165) is 5.25 Å². The van der Waals surface area contributed by atoms with Crippen LogP contribution in [0.5, 0.6) is 0 Å². The summed E-state index contributed by atoms with van der Waals surface area (Å²) in [5.74, 6) is 0. The average molecular weight is 183 g/mol. The molecule has 0 saturated heterocycles. The molecular weight excluding hydrogens is 172 g/mol. The van der Waals surface area contributed by atoms with E-state index in [1.807, 2.05) is 11.8 Å². The maximum atomic E-state index is 3.48. The Morgan fingerprint density at radius 3 is 1.86 bits per heavy atom. The zero-order valence-corrected chi connectivity index (χ0v) is 7.34. The topological polar surface area (TPSA) is 0 Å². The minimum absolute atomic E-state index is 0.641. The highest BCUT2D eigenvalue weighted by Crippen LogP contribution is 2.15. The van der Waals surface area contributed by atoms with E-state index in [1.54, 1.807) is 0 Å². The van der Waals surface area contributed by atoms with E-state index in [0.29, 0.717) is 4.83 Å². The molecule has 0 fully saturated rings. The fraction of sp³-hybridized carbons (Fsp3) is 1.00. The molecule has 0 aromatic rings. The molecule has 0 unspecified atom stereocenters. The van der Waals surface area contributed by atoms with Gasteiger partial charge in [-0.25, -0.2) is 0 Å². The molecule has 0 saturated carbocycles. The number of thioether (sulfide) groups is 1. The van der Waals surface area contributed by atoms with Gasteiger partial charge in [-0.3, -0.25) is 0 Å². The molecule has 0 aliphatic carbocycles. The van der Waals surface area contributed by atoms with Gasteiger partial charge in [0.15, 0.2) is 0 Å². The van der Waals surface area contributed by atoms with Crippen molar-refractivity contribution in [3.05, 3.63) is 0 Å². The molecule has 0 heterocycles. The Bertz CT molecular complexity index is 45.3. The van der Waals surface area contributed by atoms with Crippen LogP contribution in [-0.4, -0.2) is 16.3 Å². The standard InChI is InChI=1S/C5H11BrS/c1-4(6)5(2)7-3/h4-5H,1-3H3/t4-,5+/m1/s1. The lowest BCUT2D eigenvalue weighted by Gasteiger charge is -2.08. The predicted octanol–water partition coefficient (Wildman–Crippen LogP) is 2.52. The van der Waals surface area contributed by atoms with Crippen molar-refractivity contribution in [2.24, 2.45) is 0 Å². The molecular formula is C5H11BrS. The van der Waals surface area contributed by atoms with Crippen LogP contribution in [0, 0.1) is 0 Å². The molecule has 0 aromatic carbocycles. The molecule has 0 aliphatic rings. The summed E-state index contributed by atoms with van der Waals surface area (Å²) in [7, 11) is 0. The maximum absolute atomic E-state index is 3.48. The second kappa shape index (κ2) is 3.79. The van der Waals surface area contributed by atoms with E-state index < -0.39 is 0 Å². The predicted molar refractivity (Wildman–Crippen MR) is 41.4 cm³/mol. The first-order valence-electron chi connectivity index (χ1n) is 2.35. The summed E-state index contributed by atoms with van der Waals surface area (Å²) in [6.07, 6.45) is 2.13. The second-order valence-electron chi connectivity index (χ2n) is 1.62. The Labute approximate surface area is 58.2 Å². The lowest BCUT2D eigenvalue weighted by molar-refractivity contribution is 0.945. The molecule has 2 atom stereocenters. The van der Waals surface area contributed by atoms with Crippen LogP contribution in [0.15, 0.2) is 0 Å². The highest BCUT2D eigenvalue weighted by molar-refractivity contribution is 9.09. The van der Waals surface area contributed by atoms with Gasteiger partial charge in [0.1, 0.15) is 0 Å². The number of halogens is 1. The molecule has 0 radical (unpaired) electrons. The van der Waals surface area contributed by atoms with Gasteiger partial charge in [0, 0.05) is 10.1 Å². The van der Waals surface area contributed by atoms with Gasteiger partial charge < -0.3 is 0 Å². The number of hydrogen-bond donors (Lipinski definition) is 0. The molecule has 7 heavy (non-hydrogen) atoms. The highest BCUT2D eigenvalue weighted by Gasteiger charge is 2.03. The monoisotopic (exact) mass is 182 g/mol. The van der Waals surface area contributed by atoms with Crippen molar-refractivity contribution in [3.63, 3.8) is 0 Å². The van der Waals surface area contributed by atoms with Crippen molar-refractivity contribution >= 4 is 27.7 Å². The van der Waals surface area contributed by atoms with Crippen LogP contribution in [0.4, 0.5) is 0 Å². The Morgan fingerprint density at radius 1 is 1.43 bits per heavy atom. The smallest absolute Gasteiger partial charge is 0.0233 e. The van der Waals surface area contributed by atoms with Crippen molar-refractivity contribution < 1.29 is 0 Å². The number of alkyl halides is 1. The zero-order chi connectivity index (χ0) is 5.86. The molecule has 44 valence electrons. The molecule has 0 spiro atoms. The first-order valence-corrected chi connectivity index (χ1v) is 4.55. The Kier molecular flexibility index (Phi) is 4.24. The summed E-state index contributed by atoms with van der Waals surface area (Å²) in [4.78, 5) is 0.641. The van der Waals surface area contributed by atoms with Gasteiger partial charge in [-0.05, 0) is 6.26 Å². The highest BCUT2D eigenvalue weighted by atomic mass is 79.9. The molecule has 0 amide bonds. The second-order valence-corrected chi connectivity index (χ2v) is 4.28. The van der Waals surface area contributed by atoms with Crippen molar-refractivity contribution in [1.29, 1.82) is 0 Å². The Morgan fingerprint density at radius 2 is 1.86 bits per heavy atom. The van der Waals surface area contributed by atoms with Crippen LogP contribution in [0.3, 0.4) is 0 Å². The molecule has 0 aliphatic heterocycles. The molecule has 2 heteroatoms. The van der Waals surface area contributed by atoms with Crippen LogP contribution < -0.4 is 0 Å². The third-order valence-corrected chi connectivity index (χ3v) is 3.31. The Balaban J connectivity index is 3.14. The van der Waals surface area contributed by atoms with E-state index in [9.17, 15) is 0 Å². The van der Waals surface area contributed by atoms with Gasteiger partial charge in [0.2, 0.25) is 0 Å². The minimum Gasteiger partial charge on any atom is -0.161 e. The summed E-state index contributed by atoms with van der Waals surface area (Å²) in [6.45, 7) is 4.38. The average Bonchev–Trinajstić information content (AvgIpc) is 1.65. The van der Waals surface area contributed by atoms with Gasteiger partial charge in [-0.1, -0.05) is 29.8 Å². The third kappa shape index (κ3) is 3.42. The summed E-state index contributed by atoms with van der Waals surface area (Å²) in [5, 5.41) is 0.736. The molecule has 0 aromatic heterocycles. The van der Waals surface area contributed by atoms with E-state index in [2.05, 4.69) is 36.0 Å². The van der Waals surface area contributed by atoms with Crippen LogP contribution in [0.25, 0.3) is 0 Å². The van der Waals surface area contributed by atoms with Crippen LogP contribution >= 0.6 is 27.7 Å². The fourth-order valence-electron chi connectivity index (χ4n) is 0.188. The van der Waals surface area contributed by atoms with Gasteiger partial charge in [0.25, 0.3) is 0 Å². The number of hydrogen-bond acceptors (Lipinski definition) is 1. The minimum atomic E-state index is 0.641. The van der Waals surface area contributed by atoms with E-state index in [1.165, 1.54) is 0 Å². The normalized spacial score (nSPS) is 18.9. The van der Waals surface area contributed by atoms with Crippen molar-refractivity contribution in [3.8, 4) is 0 Å². The first-order chi connectivity index (χ1) is 3.18. The third-order valence-electron chi connectivity index (χ3n) is 1.02. The maximum Gasteiger partial charge on any atom is 0.0233 e. The summed E-state index contributed by atoms with van der Waals surface area (Å²) in [5.41, 5.74) is 0. The number of rotatable bonds is 2. The quantitative estimate of drug-likeness (QED) is 0.592. The fourth-order valence-corrected chi connectivity index (χ4v) is 1.21. The van der Waals surface area contributed by atoms with Gasteiger partial charge in [0.05, 0.1) is 0 Å². The molecule has 0 nitrogen and oxygen atoms in total. The van der Waals surface area contributed by atoms with Crippen LogP contribution in [-0.2, 0) is 0 Å². The molecule has 0 rings (SSSR count). The van der Waals surface area contributed by atoms with Crippen LogP contribution in [0.2, 0.25) is 0 Å². The molecule has 0 bridgehead atoms. The van der Waals surface area contributed by atoms with Gasteiger partial charge in [-0.2, -0.15) is 11.8 Å². The SMILES string of the molecule is CS[C@@H](C)[C@@H](C)Br. The van der Waals surface area contributed by atoms with E-state index in [-0.39, 0.29) is 0 Å². The van der Waals surface area contributed by atoms with E-state index >= 15 is 0 Å². The summed E-state index contributed by atoms with van der Waals surface area (Å²) in [6, 6.07) is 0. The summed E-state index contributed by atoms with van der Waals surface area (Å²) < 4.78 is 0. The van der Waals surface area contributed by atoms with Crippen molar-refractivity contribution in [1.82, 2.24) is 0 Å². The molecule has 0 N–H and O–H groups in total. The summed E-state index contributed by atoms with van der Waals surface area (Å²) >= 11 is 5.37. The van der Waals surface area contributed by atoms with Gasteiger partial charge in [-0.15, -0.1) is 0 Å². The zero-order valence-electron chi connectivity index (χ0n) is 4.94. The van der Waals surface area contributed by atoms with Crippen molar-refractivity contribution in [2.75, 3.05) is 6.26 Å². The largest absolute Gasteiger partial charge is 0.161 e. The first kappa shape index (κ1) is 7.83. The van der Waals surface area contributed by atoms with Crippen LogP contribution in [0.1, 0.15) is 13.8 Å². The lowest BCUT2D eigenvalue weighted by atomic mass is 10.4. The van der Waals surface area contributed by atoms with E-state index in [4.69, 9.17) is 0 Å². The van der Waals surface area contributed by atoms with Gasteiger partial charge >= 0.3 is 0 Å². The van der Waals surface area contributed by atoms with Crippen molar-refractivity contribution in [2.45, 2.75) is 23.9 Å². The lowest BCUT2D eigenvalue weighted by Crippen LogP contribution is -2.06.